The molecule has 1 atom stereocenters. The van der Waals surface area contributed by atoms with E-state index in [1.54, 1.807) is 49.4 Å². The zero-order valence-electron chi connectivity index (χ0n) is 13.7. The molecule has 0 spiro atoms. The molecule has 0 bridgehead atoms. The number of carbonyl (C=O) groups excluding carboxylic acids is 1. The van der Waals surface area contributed by atoms with Gasteiger partial charge in [-0.1, -0.05) is 41.6 Å². The third-order valence-electron chi connectivity index (χ3n) is 3.52. The maximum atomic E-state index is 13.9. The van der Waals surface area contributed by atoms with E-state index in [4.69, 9.17) is 17.4 Å². The van der Waals surface area contributed by atoms with Gasteiger partial charge in [0.25, 0.3) is 0 Å². The lowest BCUT2D eigenvalue weighted by molar-refractivity contribution is -0.115. The van der Waals surface area contributed by atoms with Crippen LogP contribution in [0.2, 0.25) is 5.02 Å². The summed E-state index contributed by atoms with van der Waals surface area (Å²) < 4.78 is 15.1. The van der Waals surface area contributed by atoms with Crippen molar-refractivity contribution in [3.63, 3.8) is 0 Å². The quantitative estimate of drug-likeness (QED) is 0.513. The monoisotopic (exact) mass is 391 g/mol. The first-order chi connectivity index (χ1) is 12.5. The summed E-state index contributed by atoms with van der Waals surface area (Å²) in [6.07, 6.45) is 0. The summed E-state index contributed by atoms with van der Waals surface area (Å²) in [6, 6.07) is 13.0. The highest BCUT2D eigenvalue weighted by Crippen LogP contribution is 2.26. The minimum absolute atomic E-state index is 0.188. The van der Waals surface area contributed by atoms with E-state index < -0.39 is 11.1 Å². The Bertz CT molecular complexity index is 948. The number of benzene rings is 2. The van der Waals surface area contributed by atoms with E-state index in [0.717, 1.165) is 11.8 Å². The van der Waals surface area contributed by atoms with Gasteiger partial charge in [-0.3, -0.25) is 4.79 Å². The van der Waals surface area contributed by atoms with E-state index in [1.807, 2.05) is 0 Å². The van der Waals surface area contributed by atoms with Crippen LogP contribution in [0.5, 0.6) is 0 Å². The first-order valence-electron chi connectivity index (χ1n) is 7.64. The Morgan fingerprint density at radius 2 is 2.04 bits per heavy atom. The lowest BCUT2D eigenvalue weighted by Gasteiger charge is -2.11. The Labute approximate surface area is 158 Å². The van der Waals surface area contributed by atoms with Gasteiger partial charge in [-0.2, -0.15) is 0 Å². The van der Waals surface area contributed by atoms with Crippen molar-refractivity contribution in [3.05, 3.63) is 59.4 Å². The van der Waals surface area contributed by atoms with Crippen molar-refractivity contribution in [2.45, 2.75) is 17.3 Å². The number of carbonyl (C=O) groups is 1. The standard InChI is InChI=1S/C17H15ClFN5OS/c1-10(16(25)21-12-6-4-5-11(18)9-12)26-17-23-22-15(24(17)20)13-7-2-3-8-14(13)19/h2-10H,20H2,1H3,(H,21,25)/t10-/m0/s1. The summed E-state index contributed by atoms with van der Waals surface area (Å²) in [4.78, 5) is 12.3. The number of nitrogen functional groups attached to an aromatic ring is 1. The van der Waals surface area contributed by atoms with Gasteiger partial charge in [0.2, 0.25) is 11.1 Å². The summed E-state index contributed by atoms with van der Waals surface area (Å²) in [5.41, 5.74) is 0.835. The molecular weight excluding hydrogens is 377 g/mol. The molecular formula is C17H15ClFN5OS. The van der Waals surface area contributed by atoms with Crippen LogP contribution in [0.15, 0.2) is 53.7 Å². The Morgan fingerprint density at radius 3 is 2.77 bits per heavy atom. The van der Waals surface area contributed by atoms with Crippen molar-refractivity contribution < 1.29 is 9.18 Å². The summed E-state index contributed by atoms with van der Waals surface area (Å²) in [7, 11) is 0. The number of aromatic nitrogens is 3. The van der Waals surface area contributed by atoms with Gasteiger partial charge in [0, 0.05) is 10.7 Å². The Hall–Kier alpha value is -2.58. The average Bonchev–Trinajstić information content (AvgIpc) is 2.96. The van der Waals surface area contributed by atoms with Gasteiger partial charge in [0.15, 0.2) is 5.82 Å². The zero-order valence-corrected chi connectivity index (χ0v) is 15.3. The van der Waals surface area contributed by atoms with Crippen molar-refractivity contribution in [1.82, 2.24) is 14.9 Å². The topological polar surface area (TPSA) is 85.8 Å². The normalized spacial score (nSPS) is 12.0. The van der Waals surface area contributed by atoms with E-state index in [2.05, 4.69) is 15.5 Å². The van der Waals surface area contributed by atoms with Crippen molar-refractivity contribution in [1.29, 1.82) is 0 Å². The number of anilines is 1. The van der Waals surface area contributed by atoms with Crippen molar-refractivity contribution in [3.8, 4) is 11.4 Å². The van der Waals surface area contributed by atoms with Crippen LogP contribution in [-0.4, -0.2) is 26.0 Å². The Kier molecular flexibility index (Phi) is 5.43. The number of thioether (sulfide) groups is 1. The molecule has 26 heavy (non-hydrogen) atoms. The zero-order chi connectivity index (χ0) is 18.7. The third-order valence-corrected chi connectivity index (χ3v) is 4.81. The maximum absolute atomic E-state index is 13.9. The molecule has 0 aliphatic rings. The van der Waals surface area contributed by atoms with E-state index in [9.17, 15) is 9.18 Å². The summed E-state index contributed by atoms with van der Waals surface area (Å²) >= 11 is 7.03. The summed E-state index contributed by atoms with van der Waals surface area (Å²) in [5, 5.41) is 11.0. The molecule has 1 heterocycles. The second-order valence-corrected chi connectivity index (χ2v) is 7.16. The van der Waals surface area contributed by atoms with Crippen LogP contribution in [0.3, 0.4) is 0 Å². The van der Waals surface area contributed by atoms with Gasteiger partial charge >= 0.3 is 0 Å². The number of hydrogen-bond donors (Lipinski definition) is 2. The van der Waals surface area contributed by atoms with Crippen LogP contribution < -0.4 is 11.2 Å². The fraction of sp³-hybridized carbons (Fsp3) is 0.118. The van der Waals surface area contributed by atoms with Crippen molar-refractivity contribution in [2.24, 2.45) is 0 Å². The number of halogens is 2. The minimum atomic E-state index is -0.506. The van der Waals surface area contributed by atoms with Crippen LogP contribution in [0.25, 0.3) is 11.4 Å². The van der Waals surface area contributed by atoms with Gasteiger partial charge < -0.3 is 11.2 Å². The second kappa shape index (κ2) is 7.76. The van der Waals surface area contributed by atoms with Crippen molar-refractivity contribution >= 4 is 35.0 Å². The van der Waals surface area contributed by atoms with Crippen LogP contribution in [-0.2, 0) is 4.79 Å². The van der Waals surface area contributed by atoms with Gasteiger partial charge in [0.05, 0.1) is 10.8 Å². The molecule has 0 radical (unpaired) electrons. The second-order valence-electron chi connectivity index (χ2n) is 5.42. The van der Waals surface area contributed by atoms with Gasteiger partial charge in [0.1, 0.15) is 5.82 Å². The van der Waals surface area contributed by atoms with Crippen molar-refractivity contribution in [2.75, 3.05) is 11.2 Å². The number of nitrogens with two attached hydrogens (primary N) is 1. The molecule has 0 aliphatic heterocycles. The number of amides is 1. The van der Waals surface area contributed by atoms with Crippen LogP contribution in [0.1, 0.15) is 6.92 Å². The van der Waals surface area contributed by atoms with Crippen LogP contribution >= 0.6 is 23.4 Å². The highest BCUT2D eigenvalue weighted by molar-refractivity contribution is 8.00. The lowest BCUT2D eigenvalue weighted by Crippen LogP contribution is -2.23. The fourth-order valence-electron chi connectivity index (χ4n) is 2.21. The number of hydrogen-bond acceptors (Lipinski definition) is 5. The molecule has 3 aromatic rings. The Morgan fingerprint density at radius 1 is 1.27 bits per heavy atom. The predicted molar refractivity (Wildman–Crippen MR) is 101 cm³/mol. The average molecular weight is 392 g/mol. The summed E-state index contributed by atoms with van der Waals surface area (Å²) in [6.45, 7) is 1.71. The number of rotatable bonds is 5. The van der Waals surface area contributed by atoms with Crippen LogP contribution in [0.4, 0.5) is 10.1 Å². The molecule has 0 aliphatic carbocycles. The van der Waals surface area contributed by atoms with E-state index in [0.29, 0.717) is 15.9 Å². The number of nitrogens with one attached hydrogen (secondary N) is 1. The summed E-state index contributed by atoms with van der Waals surface area (Å²) in [5.74, 6) is 5.48. The number of nitrogens with zero attached hydrogens (tertiary/aromatic N) is 3. The lowest BCUT2D eigenvalue weighted by atomic mass is 10.2. The molecule has 0 fully saturated rings. The van der Waals surface area contributed by atoms with Gasteiger partial charge in [-0.15, -0.1) is 10.2 Å². The molecule has 0 saturated heterocycles. The van der Waals surface area contributed by atoms with Crippen LogP contribution in [0, 0.1) is 5.82 Å². The molecule has 0 unspecified atom stereocenters. The highest BCUT2D eigenvalue weighted by Gasteiger charge is 2.21. The minimum Gasteiger partial charge on any atom is -0.335 e. The third kappa shape index (κ3) is 3.97. The molecule has 1 amide bonds. The Balaban J connectivity index is 1.73. The first-order valence-corrected chi connectivity index (χ1v) is 8.90. The largest absolute Gasteiger partial charge is 0.335 e. The maximum Gasteiger partial charge on any atom is 0.237 e. The van der Waals surface area contributed by atoms with E-state index >= 15 is 0 Å². The molecule has 3 N–H and O–H groups in total. The van der Waals surface area contributed by atoms with Gasteiger partial charge in [-0.05, 0) is 37.3 Å². The predicted octanol–water partition coefficient (Wildman–Crippen LogP) is 3.57. The first kappa shape index (κ1) is 18.2. The smallest absolute Gasteiger partial charge is 0.237 e. The molecule has 3 rings (SSSR count). The molecule has 0 saturated carbocycles. The fourth-order valence-corrected chi connectivity index (χ4v) is 3.17. The molecule has 134 valence electrons. The molecule has 2 aromatic carbocycles. The highest BCUT2D eigenvalue weighted by atomic mass is 35.5. The SMILES string of the molecule is C[C@H](Sc1nnc(-c2ccccc2F)n1N)C(=O)Nc1cccc(Cl)c1. The van der Waals surface area contributed by atoms with E-state index in [-0.39, 0.29) is 17.3 Å². The molecule has 9 heteroatoms. The van der Waals surface area contributed by atoms with E-state index in [1.165, 1.54) is 10.7 Å². The molecule has 1 aromatic heterocycles. The molecule has 6 nitrogen and oxygen atoms in total. The van der Waals surface area contributed by atoms with Gasteiger partial charge in [-0.25, -0.2) is 9.07 Å².